The molecule has 1 aromatic carbocycles. The van der Waals surface area contributed by atoms with Crippen LogP contribution in [0.2, 0.25) is 0 Å². The van der Waals surface area contributed by atoms with Gasteiger partial charge >= 0.3 is 0 Å². The van der Waals surface area contributed by atoms with Crippen molar-refractivity contribution >= 4 is 29.5 Å². The molecule has 0 bridgehead atoms. The summed E-state index contributed by atoms with van der Waals surface area (Å²) in [5, 5.41) is 2.71. The molecule has 0 radical (unpaired) electrons. The molecule has 0 aliphatic carbocycles. The van der Waals surface area contributed by atoms with Crippen molar-refractivity contribution in [2.24, 2.45) is 0 Å². The van der Waals surface area contributed by atoms with Gasteiger partial charge < -0.3 is 15.1 Å². The van der Waals surface area contributed by atoms with Gasteiger partial charge in [-0.2, -0.15) is 0 Å². The maximum Gasteiger partial charge on any atom is 0.246 e. The highest BCUT2D eigenvalue weighted by Gasteiger charge is 2.22. The van der Waals surface area contributed by atoms with E-state index in [1.54, 1.807) is 29.2 Å². The molecule has 0 saturated carbocycles. The lowest BCUT2D eigenvalue weighted by Crippen LogP contribution is -2.51. The highest BCUT2D eigenvalue weighted by atomic mass is 16.2. The molecule has 3 amide bonds. The third-order valence-corrected chi connectivity index (χ3v) is 4.81. The third-order valence-electron chi connectivity index (χ3n) is 4.81. The molecule has 1 aliphatic heterocycles. The van der Waals surface area contributed by atoms with Crippen molar-refractivity contribution in [2.75, 3.05) is 51.1 Å². The third kappa shape index (κ3) is 6.49. The lowest BCUT2D eigenvalue weighted by atomic mass is 10.2. The fraction of sp³-hybridized carbons (Fsp3) is 0.476. The van der Waals surface area contributed by atoms with E-state index in [9.17, 15) is 14.4 Å². The number of hydrogen-bond donors (Lipinski definition) is 1. The molecule has 2 rings (SSSR count). The number of piperazine rings is 1. The largest absolute Gasteiger partial charge is 0.342 e. The Morgan fingerprint density at radius 2 is 1.64 bits per heavy atom. The molecule has 152 valence electrons. The Bertz CT molecular complexity index is 703. The zero-order valence-electron chi connectivity index (χ0n) is 17.0. The van der Waals surface area contributed by atoms with Crippen LogP contribution in [0.25, 0.3) is 6.08 Å². The van der Waals surface area contributed by atoms with Gasteiger partial charge in [0.05, 0.1) is 6.54 Å². The average Bonchev–Trinajstić information content (AvgIpc) is 2.68. The monoisotopic (exact) mass is 386 g/mol. The molecule has 0 atom stereocenters. The van der Waals surface area contributed by atoms with Crippen LogP contribution in [0.15, 0.2) is 30.3 Å². The number of hydrogen-bond acceptors (Lipinski definition) is 4. The summed E-state index contributed by atoms with van der Waals surface area (Å²) in [7, 11) is 0. The molecule has 0 unspecified atom stereocenters. The van der Waals surface area contributed by atoms with E-state index in [1.165, 1.54) is 6.92 Å². The van der Waals surface area contributed by atoms with Gasteiger partial charge in [-0.3, -0.25) is 19.3 Å². The number of anilines is 1. The van der Waals surface area contributed by atoms with Crippen molar-refractivity contribution in [3.8, 4) is 0 Å². The van der Waals surface area contributed by atoms with Crippen LogP contribution in [-0.4, -0.2) is 78.2 Å². The standard InChI is InChI=1S/C21H30N4O3/c1-4-24(5-2)21(28)16-23-12-14-25(15-13-23)20(27)11-8-18-6-9-19(10-7-18)22-17(3)26/h6-11H,4-5,12-16H2,1-3H3,(H,22,26)/b11-8+. The second-order valence-electron chi connectivity index (χ2n) is 6.80. The SMILES string of the molecule is CCN(CC)C(=O)CN1CCN(C(=O)/C=C/c2ccc(NC(C)=O)cc2)CC1. The number of nitrogens with one attached hydrogen (secondary N) is 1. The summed E-state index contributed by atoms with van der Waals surface area (Å²) in [6.45, 7) is 9.96. The lowest BCUT2D eigenvalue weighted by molar-refractivity contribution is -0.133. The summed E-state index contributed by atoms with van der Waals surface area (Å²) in [5.41, 5.74) is 1.62. The van der Waals surface area contributed by atoms with Crippen LogP contribution < -0.4 is 5.32 Å². The van der Waals surface area contributed by atoms with Gasteiger partial charge in [0, 0.05) is 58.0 Å². The Morgan fingerprint density at radius 3 is 2.18 bits per heavy atom. The molecule has 7 nitrogen and oxygen atoms in total. The molecule has 1 saturated heterocycles. The Balaban J connectivity index is 1.80. The highest BCUT2D eigenvalue weighted by molar-refractivity contribution is 5.92. The summed E-state index contributed by atoms with van der Waals surface area (Å²) in [4.78, 5) is 41.4. The number of carbonyl (C=O) groups excluding carboxylic acids is 3. The minimum Gasteiger partial charge on any atom is -0.342 e. The van der Waals surface area contributed by atoms with Crippen LogP contribution in [0.1, 0.15) is 26.3 Å². The molecule has 0 aromatic heterocycles. The first-order chi connectivity index (χ1) is 13.4. The van der Waals surface area contributed by atoms with Crippen molar-refractivity contribution in [1.29, 1.82) is 0 Å². The Hall–Kier alpha value is -2.67. The number of carbonyl (C=O) groups is 3. The van der Waals surface area contributed by atoms with Crippen LogP contribution in [-0.2, 0) is 14.4 Å². The fourth-order valence-electron chi connectivity index (χ4n) is 3.15. The predicted octanol–water partition coefficient (Wildman–Crippen LogP) is 1.67. The van der Waals surface area contributed by atoms with Gasteiger partial charge in [-0.1, -0.05) is 12.1 Å². The zero-order valence-corrected chi connectivity index (χ0v) is 17.0. The maximum atomic E-state index is 12.4. The van der Waals surface area contributed by atoms with Crippen molar-refractivity contribution in [3.63, 3.8) is 0 Å². The molecule has 0 spiro atoms. The van der Waals surface area contributed by atoms with Gasteiger partial charge in [0.2, 0.25) is 17.7 Å². The molecule has 1 aromatic rings. The molecular formula is C21H30N4O3. The van der Waals surface area contributed by atoms with E-state index in [0.29, 0.717) is 32.7 Å². The molecule has 7 heteroatoms. The van der Waals surface area contributed by atoms with Crippen LogP contribution in [0.3, 0.4) is 0 Å². The van der Waals surface area contributed by atoms with Gasteiger partial charge in [0.15, 0.2) is 0 Å². The van der Waals surface area contributed by atoms with Crippen molar-refractivity contribution in [2.45, 2.75) is 20.8 Å². The molecular weight excluding hydrogens is 356 g/mol. The molecule has 1 aliphatic rings. The first kappa shape index (κ1) is 21.6. The summed E-state index contributed by atoms with van der Waals surface area (Å²) >= 11 is 0. The summed E-state index contributed by atoms with van der Waals surface area (Å²) < 4.78 is 0. The minimum atomic E-state index is -0.114. The number of amides is 3. The minimum absolute atomic E-state index is 0.0272. The molecule has 1 fully saturated rings. The van der Waals surface area contributed by atoms with E-state index < -0.39 is 0 Å². The summed E-state index contributed by atoms with van der Waals surface area (Å²) in [6.07, 6.45) is 3.35. The topological polar surface area (TPSA) is 73.0 Å². The van der Waals surface area contributed by atoms with E-state index in [1.807, 2.05) is 30.9 Å². The Kier molecular flexibility index (Phi) is 8.19. The fourth-order valence-corrected chi connectivity index (χ4v) is 3.15. The van der Waals surface area contributed by atoms with Crippen LogP contribution in [0, 0.1) is 0 Å². The van der Waals surface area contributed by atoms with Gasteiger partial charge in [0.1, 0.15) is 0 Å². The summed E-state index contributed by atoms with van der Waals surface area (Å²) in [5.74, 6) is 0.00412. The Morgan fingerprint density at radius 1 is 1.04 bits per heavy atom. The van der Waals surface area contributed by atoms with E-state index in [2.05, 4.69) is 10.2 Å². The van der Waals surface area contributed by atoms with Crippen molar-refractivity contribution < 1.29 is 14.4 Å². The average molecular weight is 386 g/mol. The first-order valence-electron chi connectivity index (χ1n) is 9.77. The van der Waals surface area contributed by atoms with Crippen LogP contribution in [0.4, 0.5) is 5.69 Å². The molecule has 1 N–H and O–H groups in total. The van der Waals surface area contributed by atoms with Crippen LogP contribution >= 0.6 is 0 Å². The van der Waals surface area contributed by atoms with Gasteiger partial charge in [-0.25, -0.2) is 0 Å². The Labute approximate surface area is 167 Å². The zero-order chi connectivity index (χ0) is 20.5. The number of nitrogens with zero attached hydrogens (tertiary/aromatic N) is 3. The second kappa shape index (κ2) is 10.6. The van der Waals surface area contributed by atoms with E-state index in [-0.39, 0.29) is 17.7 Å². The number of rotatable bonds is 7. The van der Waals surface area contributed by atoms with Gasteiger partial charge in [-0.15, -0.1) is 0 Å². The van der Waals surface area contributed by atoms with Crippen molar-refractivity contribution in [3.05, 3.63) is 35.9 Å². The van der Waals surface area contributed by atoms with E-state index in [0.717, 1.165) is 24.3 Å². The second-order valence-corrected chi connectivity index (χ2v) is 6.80. The van der Waals surface area contributed by atoms with Crippen LogP contribution in [0.5, 0.6) is 0 Å². The smallest absolute Gasteiger partial charge is 0.246 e. The molecule has 1 heterocycles. The lowest BCUT2D eigenvalue weighted by Gasteiger charge is -2.34. The number of likely N-dealkylation sites (N-methyl/N-ethyl adjacent to an activating group) is 1. The predicted molar refractivity (Wildman–Crippen MR) is 111 cm³/mol. The summed E-state index contributed by atoms with van der Waals surface area (Å²) in [6, 6.07) is 7.31. The number of benzene rings is 1. The van der Waals surface area contributed by atoms with Gasteiger partial charge in [0.25, 0.3) is 0 Å². The normalized spacial score (nSPS) is 14.9. The van der Waals surface area contributed by atoms with E-state index >= 15 is 0 Å². The van der Waals surface area contributed by atoms with Gasteiger partial charge in [-0.05, 0) is 37.6 Å². The molecule has 28 heavy (non-hydrogen) atoms. The quantitative estimate of drug-likeness (QED) is 0.724. The van der Waals surface area contributed by atoms with Crippen molar-refractivity contribution in [1.82, 2.24) is 14.7 Å². The van der Waals surface area contributed by atoms with E-state index in [4.69, 9.17) is 0 Å². The maximum absolute atomic E-state index is 12.4. The first-order valence-corrected chi connectivity index (χ1v) is 9.77. The highest BCUT2D eigenvalue weighted by Crippen LogP contribution is 2.11.